The SMILES string of the molecule is O=C(CCl)NOc1ccccc1C(F)(F)F. The average molecular weight is 254 g/mol. The van der Waals surface area contributed by atoms with Gasteiger partial charge in [-0.05, 0) is 12.1 Å². The number of rotatable bonds is 3. The summed E-state index contributed by atoms with van der Waals surface area (Å²) in [5.74, 6) is -1.60. The van der Waals surface area contributed by atoms with E-state index < -0.39 is 29.3 Å². The van der Waals surface area contributed by atoms with Gasteiger partial charge < -0.3 is 4.84 Å². The van der Waals surface area contributed by atoms with Crippen LogP contribution in [-0.2, 0) is 11.0 Å². The Labute approximate surface area is 94.1 Å². The predicted octanol–water partition coefficient (Wildman–Crippen LogP) is 2.35. The van der Waals surface area contributed by atoms with E-state index in [1.165, 1.54) is 12.1 Å². The van der Waals surface area contributed by atoms with Crippen molar-refractivity contribution >= 4 is 17.5 Å². The molecule has 0 aliphatic rings. The molecule has 0 atom stereocenters. The third-order valence-electron chi connectivity index (χ3n) is 1.59. The molecule has 0 aliphatic heterocycles. The molecule has 1 N–H and O–H groups in total. The Morgan fingerprint density at radius 3 is 2.56 bits per heavy atom. The maximum atomic E-state index is 12.4. The standard InChI is InChI=1S/C9H7ClF3NO2/c10-5-8(15)14-16-7-4-2-1-3-6(7)9(11,12)13/h1-4H,5H2,(H,14,15). The number of carbonyl (C=O) groups is 1. The van der Waals surface area contributed by atoms with Crippen molar-refractivity contribution in [3.05, 3.63) is 29.8 Å². The van der Waals surface area contributed by atoms with Crippen LogP contribution in [0.1, 0.15) is 5.56 Å². The lowest BCUT2D eigenvalue weighted by molar-refractivity contribution is -0.141. The zero-order chi connectivity index (χ0) is 12.2. The highest BCUT2D eigenvalue weighted by atomic mass is 35.5. The van der Waals surface area contributed by atoms with Gasteiger partial charge in [-0.3, -0.25) is 4.79 Å². The van der Waals surface area contributed by atoms with Crippen LogP contribution in [0.2, 0.25) is 0 Å². The molecule has 0 bridgehead atoms. The summed E-state index contributed by atoms with van der Waals surface area (Å²) in [5.41, 5.74) is 0.823. The van der Waals surface area contributed by atoms with Crippen LogP contribution in [0.4, 0.5) is 13.2 Å². The monoisotopic (exact) mass is 253 g/mol. The van der Waals surface area contributed by atoms with Crippen molar-refractivity contribution < 1.29 is 22.8 Å². The fourth-order valence-electron chi connectivity index (χ4n) is 0.929. The van der Waals surface area contributed by atoms with Crippen molar-refractivity contribution in [2.45, 2.75) is 6.18 Å². The summed E-state index contributed by atoms with van der Waals surface area (Å²) < 4.78 is 37.3. The summed E-state index contributed by atoms with van der Waals surface area (Å²) in [6.45, 7) is 0. The van der Waals surface area contributed by atoms with Crippen molar-refractivity contribution in [3.63, 3.8) is 0 Å². The lowest BCUT2D eigenvalue weighted by Gasteiger charge is -2.12. The first-order valence-corrected chi connectivity index (χ1v) is 4.66. The van der Waals surface area contributed by atoms with E-state index >= 15 is 0 Å². The lowest BCUT2D eigenvalue weighted by Crippen LogP contribution is -2.28. The van der Waals surface area contributed by atoms with Gasteiger partial charge in [-0.15, -0.1) is 11.6 Å². The first kappa shape index (κ1) is 12.6. The number of halogens is 4. The second kappa shape index (κ2) is 5.07. The summed E-state index contributed by atoms with van der Waals surface area (Å²) in [6.07, 6.45) is -4.54. The molecule has 1 aromatic rings. The van der Waals surface area contributed by atoms with Crippen molar-refractivity contribution in [1.82, 2.24) is 5.48 Å². The molecule has 1 rings (SSSR count). The smallest absolute Gasteiger partial charge is 0.379 e. The van der Waals surface area contributed by atoms with E-state index in [0.29, 0.717) is 0 Å². The molecule has 0 aliphatic carbocycles. The zero-order valence-corrected chi connectivity index (χ0v) is 8.60. The predicted molar refractivity (Wildman–Crippen MR) is 50.9 cm³/mol. The van der Waals surface area contributed by atoms with Crippen LogP contribution in [0.5, 0.6) is 5.75 Å². The Balaban J connectivity index is 2.84. The summed E-state index contributed by atoms with van der Waals surface area (Å²) in [4.78, 5) is 15.2. The molecular formula is C9H7ClF3NO2. The fourth-order valence-corrected chi connectivity index (χ4v) is 0.984. The quantitative estimate of drug-likeness (QED) is 0.663. The third-order valence-corrected chi connectivity index (χ3v) is 1.83. The summed E-state index contributed by atoms with van der Waals surface area (Å²) in [5, 5.41) is 0. The van der Waals surface area contributed by atoms with Crippen LogP contribution in [0.25, 0.3) is 0 Å². The van der Waals surface area contributed by atoms with Gasteiger partial charge in [0, 0.05) is 0 Å². The third kappa shape index (κ3) is 3.30. The van der Waals surface area contributed by atoms with Gasteiger partial charge in [-0.1, -0.05) is 12.1 Å². The van der Waals surface area contributed by atoms with Crippen LogP contribution < -0.4 is 10.3 Å². The molecule has 0 fully saturated rings. The van der Waals surface area contributed by atoms with Crippen LogP contribution in [0.3, 0.4) is 0 Å². The van der Waals surface area contributed by atoms with Crippen LogP contribution in [-0.4, -0.2) is 11.8 Å². The molecule has 0 heterocycles. The molecule has 7 heteroatoms. The Morgan fingerprint density at radius 2 is 2.00 bits per heavy atom. The molecule has 0 saturated carbocycles. The molecule has 1 aromatic carbocycles. The minimum atomic E-state index is -4.54. The molecule has 0 unspecified atom stereocenters. The fraction of sp³-hybridized carbons (Fsp3) is 0.222. The first-order chi connectivity index (χ1) is 7.45. The Morgan fingerprint density at radius 1 is 1.38 bits per heavy atom. The highest BCUT2D eigenvalue weighted by Crippen LogP contribution is 2.35. The Kier molecular flexibility index (Phi) is 4.00. The van der Waals surface area contributed by atoms with Gasteiger partial charge in [-0.2, -0.15) is 18.7 Å². The maximum Gasteiger partial charge on any atom is 0.420 e. The minimum absolute atomic E-state index is 0.395. The lowest BCUT2D eigenvalue weighted by atomic mass is 10.2. The van der Waals surface area contributed by atoms with Crippen molar-refractivity contribution in [1.29, 1.82) is 0 Å². The molecule has 0 saturated heterocycles. The van der Waals surface area contributed by atoms with E-state index in [4.69, 9.17) is 11.6 Å². The number of carbonyl (C=O) groups excluding carboxylic acids is 1. The van der Waals surface area contributed by atoms with Gasteiger partial charge in [0.1, 0.15) is 11.4 Å². The van der Waals surface area contributed by atoms with E-state index in [-0.39, 0.29) is 0 Å². The molecular weight excluding hydrogens is 247 g/mol. The van der Waals surface area contributed by atoms with E-state index in [1.807, 2.05) is 0 Å². The number of benzene rings is 1. The van der Waals surface area contributed by atoms with Gasteiger partial charge >= 0.3 is 6.18 Å². The maximum absolute atomic E-state index is 12.4. The van der Waals surface area contributed by atoms with E-state index in [1.54, 1.807) is 5.48 Å². The number of nitrogens with one attached hydrogen (secondary N) is 1. The summed E-state index contributed by atoms with van der Waals surface area (Å²) in [6, 6.07) is 4.52. The summed E-state index contributed by atoms with van der Waals surface area (Å²) in [7, 11) is 0. The molecule has 1 amide bonds. The number of hydrogen-bond donors (Lipinski definition) is 1. The first-order valence-electron chi connectivity index (χ1n) is 4.13. The highest BCUT2D eigenvalue weighted by molar-refractivity contribution is 6.27. The van der Waals surface area contributed by atoms with Crippen molar-refractivity contribution in [2.75, 3.05) is 5.88 Å². The van der Waals surface area contributed by atoms with Crippen LogP contribution in [0, 0.1) is 0 Å². The van der Waals surface area contributed by atoms with E-state index in [0.717, 1.165) is 12.1 Å². The Bertz CT molecular complexity index is 381. The van der Waals surface area contributed by atoms with E-state index in [9.17, 15) is 18.0 Å². The van der Waals surface area contributed by atoms with Crippen LogP contribution in [0.15, 0.2) is 24.3 Å². The largest absolute Gasteiger partial charge is 0.420 e. The normalized spacial score (nSPS) is 11.0. The molecule has 3 nitrogen and oxygen atoms in total. The topological polar surface area (TPSA) is 38.3 Å². The van der Waals surface area contributed by atoms with Gasteiger partial charge in [0.25, 0.3) is 5.91 Å². The van der Waals surface area contributed by atoms with E-state index in [2.05, 4.69) is 4.84 Å². The second-order valence-corrected chi connectivity index (χ2v) is 3.02. The molecule has 88 valence electrons. The summed E-state index contributed by atoms with van der Waals surface area (Å²) >= 11 is 5.13. The Hall–Kier alpha value is -1.43. The van der Waals surface area contributed by atoms with Crippen molar-refractivity contribution in [3.8, 4) is 5.75 Å². The number of hydrogen-bond acceptors (Lipinski definition) is 2. The number of amides is 1. The average Bonchev–Trinajstić information content (AvgIpc) is 2.25. The van der Waals surface area contributed by atoms with Crippen molar-refractivity contribution in [2.24, 2.45) is 0 Å². The van der Waals surface area contributed by atoms with Crippen LogP contribution >= 0.6 is 11.6 Å². The molecule has 16 heavy (non-hydrogen) atoms. The second-order valence-electron chi connectivity index (χ2n) is 2.75. The van der Waals surface area contributed by atoms with Gasteiger partial charge in [0.2, 0.25) is 0 Å². The number of hydroxylamine groups is 1. The highest BCUT2D eigenvalue weighted by Gasteiger charge is 2.34. The van der Waals surface area contributed by atoms with Gasteiger partial charge in [0.05, 0.1) is 0 Å². The molecule has 0 radical (unpaired) electrons. The number of para-hydroxylation sites is 1. The molecule has 0 spiro atoms. The molecule has 0 aromatic heterocycles. The van der Waals surface area contributed by atoms with Gasteiger partial charge in [-0.25, -0.2) is 0 Å². The minimum Gasteiger partial charge on any atom is -0.379 e. The number of alkyl halides is 4. The van der Waals surface area contributed by atoms with Gasteiger partial charge in [0.15, 0.2) is 5.75 Å². The zero-order valence-electron chi connectivity index (χ0n) is 7.84.